The lowest BCUT2D eigenvalue weighted by Gasteiger charge is -2.23. The van der Waals surface area contributed by atoms with Gasteiger partial charge >= 0.3 is 0 Å². The summed E-state index contributed by atoms with van der Waals surface area (Å²) in [5, 5.41) is 7.37. The predicted octanol–water partition coefficient (Wildman–Crippen LogP) is 4.03. The number of unbranched alkanes of at least 4 members (excludes halogenated alkanes) is 1. The van der Waals surface area contributed by atoms with E-state index in [1.165, 1.54) is 43.2 Å². The van der Waals surface area contributed by atoms with Gasteiger partial charge in [-0.15, -0.1) is 0 Å². The van der Waals surface area contributed by atoms with Crippen LogP contribution in [-0.4, -0.2) is 13.1 Å². The minimum atomic E-state index is 0.525. The Morgan fingerprint density at radius 1 is 1.30 bits per heavy atom. The minimum absolute atomic E-state index is 0.525. The number of rotatable bonds is 7. The molecule has 2 unspecified atom stereocenters. The lowest BCUT2D eigenvalue weighted by molar-refractivity contribution is 0.382. The van der Waals surface area contributed by atoms with E-state index in [2.05, 4.69) is 48.7 Å². The summed E-state index contributed by atoms with van der Waals surface area (Å²) >= 11 is 0. The van der Waals surface area contributed by atoms with Crippen molar-refractivity contribution < 1.29 is 0 Å². The molecular formula is C18H30N2. The number of hydrogen-bond donors (Lipinski definition) is 2. The SMILES string of the molecule is CCCCC(CC)CNC1CCNCc2ccccc21. The minimum Gasteiger partial charge on any atom is -0.313 e. The molecular weight excluding hydrogens is 244 g/mol. The maximum atomic E-state index is 3.84. The number of hydrogen-bond acceptors (Lipinski definition) is 2. The monoisotopic (exact) mass is 274 g/mol. The van der Waals surface area contributed by atoms with Crippen molar-refractivity contribution in [3.05, 3.63) is 35.4 Å². The Labute approximate surface area is 124 Å². The van der Waals surface area contributed by atoms with Crippen LogP contribution >= 0.6 is 0 Å². The zero-order chi connectivity index (χ0) is 14.2. The van der Waals surface area contributed by atoms with Crippen LogP contribution in [0.3, 0.4) is 0 Å². The van der Waals surface area contributed by atoms with E-state index in [9.17, 15) is 0 Å². The number of fused-ring (bicyclic) bond motifs is 1. The van der Waals surface area contributed by atoms with E-state index in [4.69, 9.17) is 0 Å². The van der Waals surface area contributed by atoms with Crippen molar-refractivity contribution in [3.63, 3.8) is 0 Å². The molecule has 2 atom stereocenters. The molecule has 0 aliphatic carbocycles. The quantitative estimate of drug-likeness (QED) is 0.784. The summed E-state index contributed by atoms with van der Waals surface area (Å²) in [5.41, 5.74) is 2.96. The first-order chi connectivity index (χ1) is 9.85. The Kier molecular flexibility index (Phi) is 6.55. The average Bonchev–Trinajstić information content (AvgIpc) is 2.70. The molecule has 0 saturated heterocycles. The fraction of sp³-hybridized carbons (Fsp3) is 0.667. The van der Waals surface area contributed by atoms with Gasteiger partial charge in [0.2, 0.25) is 0 Å². The Balaban J connectivity index is 1.94. The second-order valence-corrected chi connectivity index (χ2v) is 6.04. The van der Waals surface area contributed by atoms with Crippen molar-refractivity contribution in [2.45, 2.75) is 58.5 Å². The molecule has 20 heavy (non-hydrogen) atoms. The average molecular weight is 274 g/mol. The second-order valence-electron chi connectivity index (χ2n) is 6.04. The molecule has 112 valence electrons. The first-order valence-corrected chi connectivity index (χ1v) is 8.37. The third kappa shape index (κ3) is 4.32. The Morgan fingerprint density at radius 2 is 2.15 bits per heavy atom. The summed E-state index contributed by atoms with van der Waals surface area (Å²) < 4.78 is 0. The van der Waals surface area contributed by atoms with Gasteiger partial charge in [-0.1, -0.05) is 57.4 Å². The fourth-order valence-electron chi connectivity index (χ4n) is 3.12. The topological polar surface area (TPSA) is 24.1 Å². The van der Waals surface area contributed by atoms with Crippen molar-refractivity contribution >= 4 is 0 Å². The van der Waals surface area contributed by atoms with Crippen molar-refractivity contribution in [1.82, 2.24) is 10.6 Å². The molecule has 1 aliphatic heterocycles. The first kappa shape index (κ1) is 15.5. The third-order valence-electron chi connectivity index (χ3n) is 4.55. The number of benzene rings is 1. The van der Waals surface area contributed by atoms with Crippen LogP contribution in [0.2, 0.25) is 0 Å². The molecule has 0 spiro atoms. The van der Waals surface area contributed by atoms with Crippen LogP contribution in [0, 0.1) is 5.92 Å². The zero-order valence-corrected chi connectivity index (χ0v) is 13.1. The van der Waals surface area contributed by atoms with Crippen LogP contribution in [0.4, 0.5) is 0 Å². The van der Waals surface area contributed by atoms with Crippen LogP contribution in [0.5, 0.6) is 0 Å². The molecule has 2 nitrogen and oxygen atoms in total. The Hall–Kier alpha value is -0.860. The molecule has 1 aliphatic rings. The molecule has 2 rings (SSSR count). The van der Waals surface area contributed by atoms with Gasteiger partial charge in [0.25, 0.3) is 0 Å². The molecule has 1 aromatic rings. The lowest BCUT2D eigenvalue weighted by atomic mass is 9.96. The second kappa shape index (κ2) is 8.43. The predicted molar refractivity (Wildman–Crippen MR) is 86.8 cm³/mol. The van der Waals surface area contributed by atoms with E-state index < -0.39 is 0 Å². The summed E-state index contributed by atoms with van der Waals surface area (Å²) in [4.78, 5) is 0. The standard InChI is InChI=1S/C18H30N2/c1-3-5-8-15(4-2)13-20-18-11-12-19-14-16-9-6-7-10-17(16)18/h6-7,9-10,15,18-20H,3-5,8,11-14H2,1-2H3. The van der Waals surface area contributed by atoms with E-state index >= 15 is 0 Å². The molecule has 0 bridgehead atoms. The Morgan fingerprint density at radius 3 is 2.95 bits per heavy atom. The highest BCUT2D eigenvalue weighted by molar-refractivity contribution is 5.30. The summed E-state index contributed by atoms with van der Waals surface area (Å²) in [6, 6.07) is 9.41. The molecule has 0 amide bonds. The zero-order valence-electron chi connectivity index (χ0n) is 13.1. The van der Waals surface area contributed by atoms with Gasteiger partial charge in [-0.3, -0.25) is 0 Å². The van der Waals surface area contributed by atoms with E-state index in [1.54, 1.807) is 0 Å². The molecule has 1 aromatic carbocycles. The molecule has 0 saturated carbocycles. The highest BCUT2D eigenvalue weighted by atomic mass is 14.9. The van der Waals surface area contributed by atoms with Gasteiger partial charge in [0.05, 0.1) is 0 Å². The van der Waals surface area contributed by atoms with Crippen LogP contribution in [0.25, 0.3) is 0 Å². The van der Waals surface area contributed by atoms with Gasteiger partial charge in [-0.05, 0) is 43.0 Å². The van der Waals surface area contributed by atoms with Crippen molar-refractivity contribution in [2.24, 2.45) is 5.92 Å². The van der Waals surface area contributed by atoms with Crippen molar-refractivity contribution in [2.75, 3.05) is 13.1 Å². The maximum Gasteiger partial charge on any atom is 0.0335 e. The summed E-state index contributed by atoms with van der Waals surface area (Å²) in [6.07, 6.45) is 6.53. The number of nitrogens with one attached hydrogen (secondary N) is 2. The van der Waals surface area contributed by atoms with E-state index in [-0.39, 0.29) is 0 Å². The molecule has 2 heteroatoms. The highest BCUT2D eigenvalue weighted by Gasteiger charge is 2.18. The molecule has 0 fully saturated rings. The van der Waals surface area contributed by atoms with Gasteiger partial charge in [0, 0.05) is 12.6 Å². The summed E-state index contributed by atoms with van der Waals surface area (Å²) in [7, 11) is 0. The van der Waals surface area contributed by atoms with E-state index in [1.807, 2.05) is 0 Å². The van der Waals surface area contributed by atoms with Gasteiger partial charge < -0.3 is 10.6 Å². The maximum absolute atomic E-state index is 3.84. The van der Waals surface area contributed by atoms with Crippen LogP contribution in [0.1, 0.15) is 63.1 Å². The van der Waals surface area contributed by atoms with Gasteiger partial charge in [-0.25, -0.2) is 0 Å². The fourth-order valence-corrected chi connectivity index (χ4v) is 3.12. The largest absolute Gasteiger partial charge is 0.313 e. The van der Waals surface area contributed by atoms with Crippen LogP contribution in [-0.2, 0) is 6.54 Å². The summed E-state index contributed by atoms with van der Waals surface area (Å²) in [6.45, 7) is 7.90. The lowest BCUT2D eigenvalue weighted by Crippen LogP contribution is -2.28. The van der Waals surface area contributed by atoms with Gasteiger partial charge in [-0.2, -0.15) is 0 Å². The molecule has 1 heterocycles. The normalized spacial score (nSPS) is 20.2. The van der Waals surface area contributed by atoms with E-state index in [0.29, 0.717) is 6.04 Å². The highest BCUT2D eigenvalue weighted by Crippen LogP contribution is 2.24. The van der Waals surface area contributed by atoms with Gasteiger partial charge in [0.1, 0.15) is 0 Å². The third-order valence-corrected chi connectivity index (χ3v) is 4.55. The molecule has 0 radical (unpaired) electrons. The van der Waals surface area contributed by atoms with Gasteiger partial charge in [0.15, 0.2) is 0 Å². The smallest absolute Gasteiger partial charge is 0.0335 e. The van der Waals surface area contributed by atoms with Crippen molar-refractivity contribution in [3.8, 4) is 0 Å². The molecule has 0 aromatic heterocycles. The van der Waals surface area contributed by atoms with Crippen LogP contribution < -0.4 is 10.6 Å². The van der Waals surface area contributed by atoms with Crippen molar-refractivity contribution in [1.29, 1.82) is 0 Å². The molecule has 2 N–H and O–H groups in total. The first-order valence-electron chi connectivity index (χ1n) is 8.37. The van der Waals surface area contributed by atoms with Crippen LogP contribution in [0.15, 0.2) is 24.3 Å². The Bertz CT molecular complexity index is 389. The summed E-state index contributed by atoms with van der Waals surface area (Å²) in [5.74, 6) is 0.832. The van der Waals surface area contributed by atoms with E-state index in [0.717, 1.165) is 25.6 Å².